The van der Waals surface area contributed by atoms with E-state index < -0.39 is 6.10 Å². The maximum atomic E-state index is 12.8. The third-order valence-electron chi connectivity index (χ3n) is 11.1. The van der Waals surface area contributed by atoms with Gasteiger partial charge in [0.25, 0.3) is 0 Å². The van der Waals surface area contributed by atoms with Gasteiger partial charge in [-0.3, -0.25) is 14.4 Å². The van der Waals surface area contributed by atoms with E-state index in [1.165, 1.54) is 141 Å². The van der Waals surface area contributed by atoms with Gasteiger partial charge in [-0.1, -0.05) is 229 Å². The second kappa shape index (κ2) is 49.8. The second-order valence-electron chi connectivity index (χ2n) is 17.1. The molecule has 0 saturated heterocycles. The van der Waals surface area contributed by atoms with Crippen LogP contribution in [0.5, 0.6) is 0 Å². The van der Waals surface area contributed by atoms with Crippen molar-refractivity contribution in [3.05, 3.63) is 60.8 Å². The summed E-state index contributed by atoms with van der Waals surface area (Å²) >= 11 is 0. The van der Waals surface area contributed by atoms with Crippen molar-refractivity contribution in [1.29, 1.82) is 0 Å². The maximum Gasteiger partial charge on any atom is 0.306 e. The van der Waals surface area contributed by atoms with Gasteiger partial charge < -0.3 is 14.2 Å². The van der Waals surface area contributed by atoms with E-state index in [1.54, 1.807) is 0 Å². The van der Waals surface area contributed by atoms with Crippen molar-refractivity contribution in [1.82, 2.24) is 0 Å². The predicted molar refractivity (Wildman–Crippen MR) is 261 cm³/mol. The summed E-state index contributed by atoms with van der Waals surface area (Å²) < 4.78 is 16.8. The van der Waals surface area contributed by atoms with Crippen molar-refractivity contribution in [3.8, 4) is 0 Å². The molecule has 0 saturated carbocycles. The number of carbonyl (C=O) groups is 3. The predicted octanol–water partition coefficient (Wildman–Crippen LogP) is 16.9. The van der Waals surface area contributed by atoms with Crippen molar-refractivity contribution in [2.75, 3.05) is 13.2 Å². The van der Waals surface area contributed by atoms with Gasteiger partial charge in [-0.15, -0.1) is 0 Å². The SMILES string of the molecule is CC\C=C/C=C\C=C/CCCCCCCCCC(=O)OC(COC(=O)CCCCCCCCCCC)COC(=O)CCCCCCCCCCCC/C=C\C=C/CCCCC. The van der Waals surface area contributed by atoms with Crippen molar-refractivity contribution in [3.63, 3.8) is 0 Å². The first-order chi connectivity index (χ1) is 30.0. The third kappa shape index (κ3) is 48.0. The number of esters is 3. The molecule has 0 rings (SSSR count). The molecule has 0 aromatic rings. The standard InChI is InChI=1S/C55H96O6/c1-4-7-10-13-16-19-21-23-25-26-27-28-30-31-33-36-39-42-45-48-54(57)60-51-52(50-59-53(56)47-44-41-38-35-18-15-12-9-6-3)61-55(58)49-46-43-40-37-34-32-29-24-22-20-17-14-11-8-5-2/h8,11,14,16-17,19-23,52H,4-7,9-10,12-13,15,18,24-51H2,1-3H3/b11-8-,17-14-,19-16-,22-20-,23-21-. The van der Waals surface area contributed by atoms with Crippen LogP contribution in [0.3, 0.4) is 0 Å². The van der Waals surface area contributed by atoms with Crippen LogP contribution in [-0.2, 0) is 28.6 Å². The van der Waals surface area contributed by atoms with Gasteiger partial charge in [0.2, 0.25) is 0 Å². The first kappa shape index (κ1) is 58.1. The molecule has 0 aliphatic heterocycles. The molecule has 0 N–H and O–H groups in total. The molecule has 0 aromatic carbocycles. The molecular formula is C55H96O6. The topological polar surface area (TPSA) is 78.9 Å². The van der Waals surface area contributed by atoms with Crippen LogP contribution in [0, 0.1) is 0 Å². The smallest absolute Gasteiger partial charge is 0.306 e. The van der Waals surface area contributed by atoms with Crippen LogP contribution in [0.15, 0.2) is 60.8 Å². The van der Waals surface area contributed by atoms with Crippen LogP contribution in [0.4, 0.5) is 0 Å². The van der Waals surface area contributed by atoms with E-state index in [0.717, 1.165) is 70.6 Å². The molecule has 0 fully saturated rings. The Hall–Kier alpha value is -2.89. The highest BCUT2D eigenvalue weighted by molar-refractivity contribution is 5.71. The lowest BCUT2D eigenvalue weighted by atomic mass is 10.1. The second-order valence-corrected chi connectivity index (χ2v) is 17.1. The molecule has 0 heterocycles. The van der Waals surface area contributed by atoms with E-state index >= 15 is 0 Å². The van der Waals surface area contributed by atoms with Crippen molar-refractivity contribution in [2.45, 2.75) is 258 Å². The minimum atomic E-state index is -0.778. The Morgan fingerprint density at radius 2 is 0.639 bits per heavy atom. The van der Waals surface area contributed by atoms with E-state index in [9.17, 15) is 14.4 Å². The van der Waals surface area contributed by atoms with Crippen molar-refractivity contribution in [2.24, 2.45) is 0 Å². The van der Waals surface area contributed by atoms with Gasteiger partial charge in [0.05, 0.1) is 0 Å². The van der Waals surface area contributed by atoms with Gasteiger partial charge in [0.15, 0.2) is 6.10 Å². The van der Waals surface area contributed by atoms with E-state index in [0.29, 0.717) is 19.3 Å². The average Bonchev–Trinajstić information content (AvgIpc) is 3.26. The lowest BCUT2D eigenvalue weighted by molar-refractivity contribution is -0.167. The molecule has 0 radical (unpaired) electrons. The van der Waals surface area contributed by atoms with Crippen LogP contribution in [0.1, 0.15) is 252 Å². The van der Waals surface area contributed by atoms with Gasteiger partial charge >= 0.3 is 17.9 Å². The quantitative estimate of drug-likeness (QED) is 0.0263. The Morgan fingerprint density at radius 1 is 0.344 bits per heavy atom. The summed E-state index contributed by atoms with van der Waals surface area (Å²) in [6, 6.07) is 0. The van der Waals surface area contributed by atoms with Crippen LogP contribution < -0.4 is 0 Å². The number of rotatable bonds is 46. The fourth-order valence-electron chi connectivity index (χ4n) is 7.20. The number of carbonyl (C=O) groups excluding carboxylic acids is 3. The molecule has 0 bridgehead atoms. The summed E-state index contributed by atoms with van der Waals surface area (Å²) in [7, 11) is 0. The molecule has 6 nitrogen and oxygen atoms in total. The number of hydrogen-bond acceptors (Lipinski definition) is 6. The third-order valence-corrected chi connectivity index (χ3v) is 11.1. The molecule has 61 heavy (non-hydrogen) atoms. The van der Waals surface area contributed by atoms with Gasteiger partial charge in [-0.05, 0) is 64.2 Å². The summed E-state index contributed by atoms with van der Waals surface area (Å²) in [6.45, 7) is 6.46. The minimum Gasteiger partial charge on any atom is -0.462 e. The average molecular weight is 853 g/mol. The highest BCUT2D eigenvalue weighted by Gasteiger charge is 2.19. The molecule has 0 amide bonds. The first-order valence-electron chi connectivity index (χ1n) is 25.8. The van der Waals surface area contributed by atoms with Gasteiger partial charge in [-0.2, -0.15) is 0 Å². The van der Waals surface area contributed by atoms with Crippen LogP contribution >= 0.6 is 0 Å². The van der Waals surface area contributed by atoms with Gasteiger partial charge in [0, 0.05) is 19.3 Å². The molecule has 0 spiro atoms. The Morgan fingerprint density at radius 3 is 1.03 bits per heavy atom. The Labute approximate surface area is 377 Å². The molecule has 1 unspecified atom stereocenters. The van der Waals surface area contributed by atoms with E-state index in [2.05, 4.69) is 81.5 Å². The molecular weight excluding hydrogens is 757 g/mol. The highest BCUT2D eigenvalue weighted by atomic mass is 16.6. The highest BCUT2D eigenvalue weighted by Crippen LogP contribution is 2.15. The number of allylic oxidation sites excluding steroid dienone is 10. The minimum absolute atomic E-state index is 0.0788. The lowest BCUT2D eigenvalue weighted by Gasteiger charge is -2.18. The van der Waals surface area contributed by atoms with Crippen LogP contribution in [-0.4, -0.2) is 37.2 Å². The Balaban J connectivity index is 4.31. The van der Waals surface area contributed by atoms with Gasteiger partial charge in [-0.25, -0.2) is 0 Å². The molecule has 352 valence electrons. The Kier molecular flexibility index (Phi) is 47.4. The number of unbranched alkanes of at least 4 members (excludes halogenated alkanes) is 28. The fourth-order valence-corrected chi connectivity index (χ4v) is 7.20. The van der Waals surface area contributed by atoms with E-state index in [-0.39, 0.29) is 31.1 Å². The number of hydrogen-bond donors (Lipinski definition) is 0. The van der Waals surface area contributed by atoms with Crippen LogP contribution in [0.25, 0.3) is 0 Å². The fraction of sp³-hybridized carbons (Fsp3) is 0.764. The molecule has 6 heteroatoms. The van der Waals surface area contributed by atoms with E-state index in [4.69, 9.17) is 14.2 Å². The van der Waals surface area contributed by atoms with Crippen LogP contribution in [0.2, 0.25) is 0 Å². The summed E-state index contributed by atoms with van der Waals surface area (Å²) in [5.41, 5.74) is 0. The molecule has 1 atom stereocenters. The molecule has 0 aromatic heterocycles. The first-order valence-corrected chi connectivity index (χ1v) is 25.8. The zero-order valence-corrected chi connectivity index (χ0v) is 40.2. The van der Waals surface area contributed by atoms with Gasteiger partial charge in [0.1, 0.15) is 13.2 Å². The van der Waals surface area contributed by atoms with E-state index in [1.807, 2.05) is 0 Å². The maximum absolute atomic E-state index is 12.8. The molecule has 0 aliphatic rings. The Bertz CT molecular complexity index is 1120. The summed E-state index contributed by atoms with van der Waals surface area (Å²) in [5, 5.41) is 0. The summed E-state index contributed by atoms with van der Waals surface area (Å²) in [6.07, 6.45) is 60.6. The monoisotopic (exact) mass is 853 g/mol. The molecule has 0 aliphatic carbocycles. The summed E-state index contributed by atoms with van der Waals surface area (Å²) in [4.78, 5) is 37.9. The van der Waals surface area contributed by atoms with Crippen molar-refractivity contribution < 1.29 is 28.6 Å². The summed E-state index contributed by atoms with van der Waals surface area (Å²) in [5.74, 6) is -0.893. The normalized spacial score (nSPS) is 12.5. The zero-order chi connectivity index (χ0) is 44.4. The largest absolute Gasteiger partial charge is 0.462 e. The van der Waals surface area contributed by atoms with Crippen molar-refractivity contribution >= 4 is 17.9 Å². The number of ether oxygens (including phenoxy) is 3. The lowest BCUT2D eigenvalue weighted by Crippen LogP contribution is -2.30. The zero-order valence-electron chi connectivity index (χ0n) is 40.2.